The van der Waals surface area contributed by atoms with Gasteiger partial charge in [0.25, 0.3) is 0 Å². The number of urea groups is 1. The lowest BCUT2D eigenvalue weighted by Crippen LogP contribution is -2.59. The molecule has 3 unspecified atom stereocenters. The fraction of sp³-hybridized carbons (Fsp3) is 0.857. The second kappa shape index (κ2) is 6.87. The molecule has 21 heavy (non-hydrogen) atoms. The van der Waals surface area contributed by atoms with Crippen LogP contribution in [0.15, 0.2) is 0 Å². The Morgan fingerprint density at radius 3 is 2.62 bits per heavy atom. The Morgan fingerprint density at radius 1 is 1.33 bits per heavy atom. The van der Waals surface area contributed by atoms with Crippen molar-refractivity contribution in [1.82, 2.24) is 14.7 Å². The van der Waals surface area contributed by atoms with E-state index in [-0.39, 0.29) is 17.4 Å². The zero-order chi connectivity index (χ0) is 15.6. The molecule has 2 aliphatic rings. The van der Waals surface area contributed by atoms with Crippen LogP contribution in [0, 0.1) is 0 Å². The van der Waals surface area contributed by atoms with Crippen molar-refractivity contribution in [1.29, 1.82) is 0 Å². The summed E-state index contributed by atoms with van der Waals surface area (Å²) < 4.78 is 0. The topological polar surface area (TPSA) is 64.1 Å². The molecule has 2 rings (SSSR count). The quantitative estimate of drug-likeness (QED) is 0.852. The minimum atomic E-state index is -0.892. The molecule has 120 valence electrons. The van der Waals surface area contributed by atoms with Crippen molar-refractivity contribution < 1.29 is 14.7 Å². The van der Waals surface area contributed by atoms with E-state index in [1.54, 1.807) is 16.7 Å². The second-order valence-electron chi connectivity index (χ2n) is 5.93. The van der Waals surface area contributed by atoms with E-state index in [4.69, 9.17) is 0 Å². The Hall–Kier alpha value is -0.950. The first-order valence-corrected chi connectivity index (χ1v) is 8.62. The standard InChI is InChI=1S/C14H25N3O3S/c1-4-5-12-17(11(9-21-12)13(18)19)14(20)16-7-6-15(3)8-10(16)2/h10-12H,4-9H2,1-3H3,(H,18,19). The third kappa shape index (κ3) is 3.45. The molecule has 0 aliphatic carbocycles. The van der Waals surface area contributed by atoms with Gasteiger partial charge in [-0.1, -0.05) is 13.3 Å². The third-order valence-electron chi connectivity index (χ3n) is 4.21. The number of hydrogen-bond donors (Lipinski definition) is 1. The molecule has 0 aromatic rings. The van der Waals surface area contributed by atoms with E-state index in [0.29, 0.717) is 12.3 Å². The summed E-state index contributed by atoms with van der Waals surface area (Å²) in [5.74, 6) is -0.398. The molecule has 0 aromatic heterocycles. The number of aliphatic carboxylic acids is 1. The van der Waals surface area contributed by atoms with Gasteiger partial charge in [-0.15, -0.1) is 11.8 Å². The van der Waals surface area contributed by atoms with Gasteiger partial charge in [0.15, 0.2) is 0 Å². The van der Waals surface area contributed by atoms with Crippen molar-refractivity contribution in [2.45, 2.75) is 44.1 Å². The van der Waals surface area contributed by atoms with E-state index in [9.17, 15) is 14.7 Å². The molecule has 2 aliphatic heterocycles. The molecule has 2 heterocycles. The number of likely N-dealkylation sites (N-methyl/N-ethyl adjacent to an activating group) is 1. The number of carbonyl (C=O) groups excluding carboxylic acids is 1. The largest absolute Gasteiger partial charge is 0.480 e. The third-order valence-corrected chi connectivity index (χ3v) is 5.57. The van der Waals surface area contributed by atoms with Crippen LogP contribution >= 0.6 is 11.8 Å². The molecular weight excluding hydrogens is 290 g/mol. The van der Waals surface area contributed by atoms with Gasteiger partial charge in [0.05, 0.1) is 5.37 Å². The van der Waals surface area contributed by atoms with Gasteiger partial charge in [-0.2, -0.15) is 0 Å². The van der Waals surface area contributed by atoms with Crippen LogP contribution in [-0.2, 0) is 4.79 Å². The van der Waals surface area contributed by atoms with E-state index in [2.05, 4.69) is 11.8 Å². The second-order valence-corrected chi connectivity index (χ2v) is 7.14. The maximum Gasteiger partial charge on any atom is 0.327 e. The van der Waals surface area contributed by atoms with Crippen molar-refractivity contribution in [3.63, 3.8) is 0 Å². The van der Waals surface area contributed by atoms with Crippen LogP contribution in [-0.4, -0.2) is 81.7 Å². The first-order valence-electron chi connectivity index (χ1n) is 7.57. The molecule has 0 aromatic carbocycles. The summed E-state index contributed by atoms with van der Waals surface area (Å²) in [4.78, 5) is 30.0. The van der Waals surface area contributed by atoms with E-state index >= 15 is 0 Å². The van der Waals surface area contributed by atoms with Gasteiger partial charge in [0, 0.05) is 31.4 Å². The van der Waals surface area contributed by atoms with Crippen molar-refractivity contribution >= 4 is 23.8 Å². The van der Waals surface area contributed by atoms with Gasteiger partial charge in [0.1, 0.15) is 6.04 Å². The first-order chi connectivity index (χ1) is 9.95. The summed E-state index contributed by atoms with van der Waals surface area (Å²) in [6, 6.07) is -0.670. The Balaban J connectivity index is 2.14. The number of carbonyl (C=O) groups is 2. The molecule has 3 atom stereocenters. The monoisotopic (exact) mass is 315 g/mol. The number of carboxylic acid groups (broad SMARTS) is 1. The van der Waals surface area contributed by atoms with Gasteiger partial charge in [-0.25, -0.2) is 9.59 Å². The highest BCUT2D eigenvalue weighted by Crippen LogP contribution is 2.33. The number of thioether (sulfide) groups is 1. The molecule has 0 spiro atoms. The van der Waals surface area contributed by atoms with Crippen LogP contribution < -0.4 is 0 Å². The number of nitrogens with zero attached hydrogens (tertiary/aromatic N) is 3. The molecule has 7 heteroatoms. The van der Waals surface area contributed by atoms with Gasteiger partial charge in [-0.3, -0.25) is 4.90 Å². The van der Waals surface area contributed by atoms with Gasteiger partial charge in [0.2, 0.25) is 0 Å². The maximum absolute atomic E-state index is 12.9. The number of amides is 2. The van der Waals surface area contributed by atoms with E-state index in [1.807, 2.05) is 18.9 Å². The van der Waals surface area contributed by atoms with Crippen LogP contribution in [0.5, 0.6) is 0 Å². The predicted molar refractivity (Wildman–Crippen MR) is 83.5 cm³/mol. The van der Waals surface area contributed by atoms with E-state index in [1.165, 1.54) is 0 Å². The summed E-state index contributed by atoms with van der Waals surface area (Å²) >= 11 is 1.59. The van der Waals surface area contributed by atoms with E-state index < -0.39 is 12.0 Å². The Bertz CT molecular complexity index is 407. The summed E-state index contributed by atoms with van der Waals surface area (Å²) in [7, 11) is 2.05. The molecule has 1 N–H and O–H groups in total. The molecule has 0 saturated carbocycles. The lowest BCUT2D eigenvalue weighted by Gasteiger charge is -2.41. The van der Waals surface area contributed by atoms with Crippen molar-refractivity contribution in [2.75, 3.05) is 32.4 Å². The SMILES string of the molecule is CCCC1SCC(C(=O)O)N1C(=O)N1CCN(C)CC1C. The van der Waals surface area contributed by atoms with Crippen LogP contribution in [0.25, 0.3) is 0 Å². The average molecular weight is 315 g/mol. The molecule has 2 amide bonds. The normalized spacial score (nSPS) is 30.7. The fourth-order valence-electron chi connectivity index (χ4n) is 3.05. The van der Waals surface area contributed by atoms with Gasteiger partial charge >= 0.3 is 12.0 Å². The summed E-state index contributed by atoms with van der Waals surface area (Å²) in [5.41, 5.74) is 0. The van der Waals surface area contributed by atoms with Crippen molar-refractivity contribution in [2.24, 2.45) is 0 Å². The minimum absolute atomic E-state index is 0.00421. The number of carboxylic acids is 1. The molecule has 0 radical (unpaired) electrons. The molecule has 6 nitrogen and oxygen atoms in total. The van der Waals surface area contributed by atoms with Crippen LogP contribution in [0.3, 0.4) is 0 Å². The van der Waals surface area contributed by atoms with Gasteiger partial charge in [-0.05, 0) is 20.4 Å². The summed E-state index contributed by atoms with van der Waals surface area (Å²) in [6.07, 6.45) is 1.80. The van der Waals surface area contributed by atoms with Gasteiger partial charge < -0.3 is 14.9 Å². The zero-order valence-corrected chi connectivity index (χ0v) is 13.8. The zero-order valence-electron chi connectivity index (χ0n) is 13.0. The van der Waals surface area contributed by atoms with Crippen LogP contribution in [0.4, 0.5) is 4.79 Å². The highest BCUT2D eigenvalue weighted by atomic mass is 32.2. The lowest BCUT2D eigenvalue weighted by atomic mass is 10.2. The highest BCUT2D eigenvalue weighted by molar-refractivity contribution is 8.00. The van der Waals surface area contributed by atoms with Crippen molar-refractivity contribution in [3.8, 4) is 0 Å². The smallest absolute Gasteiger partial charge is 0.327 e. The Labute approximate surface area is 130 Å². The average Bonchev–Trinajstić information content (AvgIpc) is 2.82. The van der Waals surface area contributed by atoms with Crippen LogP contribution in [0.1, 0.15) is 26.7 Å². The Kier molecular flexibility index (Phi) is 5.37. The molecule has 2 fully saturated rings. The number of rotatable bonds is 3. The molecule has 2 saturated heterocycles. The first kappa shape index (κ1) is 16.4. The van der Waals surface area contributed by atoms with Crippen LogP contribution in [0.2, 0.25) is 0 Å². The highest BCUT2D eigenvalue weighted by Gasteiger charge is 2.44. The summed E-state index contributed by atoms with van der Waals surface area (Å²) in [6.45, 7) is 6.44. The Morgan fingerprint density at radius 2 is 2.05 bits per heavy atom. The lowest BCUT2D eigenvalue weighted by molar-refractivity contribution is -0.141. The maximum atomic E-state index is 12.9. The van der Waals surface area contributed by atoms with Crippen molar-refractivity contribution in [3.05, 3.63) is 0 Å². The fourth-order valence-corrected chi connectivity index (χ4v) is 4.56. The molecule has 0 bridgehead atoms. The number of piperazine rings is 1. The molecular formula is C14H25N3O3S. The minimum Gasteiger partial charge on any atom is -0.480 e. The number of hydrogen-bond acceptors (Lipinski definition) is 4. The summed E-state index contributed by atoms with van der Waals surface area (Å²) in [5, 5.41) is 9.39. The van der Waals surface area contributed by atoms with E-state index in [0.717, 1.165) is 25.9 Å². The predicted octanol–water partition coefficient (Wildman–Crippen LogP) is 1.37.